The zero-order valence-corrected chi connectivity index (χ0v) is 18.1. The van der Waals surface area contributed by atoms with Gasteiger partial charge in [0, 0.05) is 27.2 Å². The topological polar surface area (TPSA) is 54.9 Å². The van der Waals surface area contributed by atoms with E-state index in [1.54, 1.807) is 14.2 Å². The van der Waals surface area contributed by atoms with Crippen LogP contribution in [0, 0.1) is 0 Å². The summed E-state index contributed by atoms with van der Waals surface area (Å²) in [5, 5.41) is 7.10. The molecule has 0 aliphatic rings. The summed E-state index contributed by atoms with van der Waals surface area (Å²) in [5.41, 5.74) is 2.24. The number of hydrogen-bond acceptors (Lipinski definition) is 3. The average Bonchev–Trinajstić information content (AvgIpc) is 2.64. The molecule has 0 aliphatic heterocycles. The number of rotatable bonds is 8. The van der Waals surface area contributed by atoms with Gasteiger partial charge in [0.1, 0.15) is 12.4 Å². The predicted molar refractivity (Wildman–Crippen MR) is 118 cm³/mol. The van der Waals surface area contributed by atoms with Crippen LogP contribution in [0.15, 0.2) is 53.5 Å². The Morgan fingerprint density at radius 3 is 2.42 bits per heavy atom. The summed E-state index contributed by atoms with van der Waals surface area (Å²) in [4.78, 5) is 4.20. The van der Waals surface area contributed by atoms with Gasteiger partial charge in [0.2, 0.25) is 0 Å². The fourth-order valence-electron chi connectivity index (χ4n) is 2.26. The molecule has 7 heteroatoms. The number of benzene rings is 2. The number of methoxy groups -OCH3 is 1. The number of para-hydroxylation sites is 1. The molecular weight excluding hydrogens is 465 g/mol. The molecule has 2 N–H and O–H groups in total. The van der Waals surface area contributed by atoms with E-state index in [0.29, 0.717) is 37.1 Å². The van der Waals surface area contributed by atoms with Gasteiger partial charge in [-0.15, -0.1) is 24.0 Å². The van der Waals surface area contributed by atoms with E-state index in [2.05, 4.69) is 27.8 Å². The van der Waals surface area contributed by atoms with Gasteiger partial charge >= 0.3 is 0 Å². The van der Waals surface area contributed by atoms with Crippen LogP contribution in [0.4, 0.5) is 0 Å². The Hall–Kier alpha value is -1.51. The van der Waals surface area contributed by atoms with Crippen molar-refractivity contribution in [3.63, 3.8) is 0 Å². The number of hydrogen-bond donors (Lipinski definition) is 2. The van der Waals surface area contributed by atoms with Crippen molar-refractivity contribution in [2.24, 2.45) is 4.99 Å². The van der Waals surface area contributed by atoms with Crippen LogP contribution in [-0.2, 0) is 17.9 Å². The van der Waals surface area contributed by atoms with Crippen molar-refractivity contribution < 1.29 is 9.47 Å². The number of guanidine groups is 1. The lowest BCUT2D eigenvalue weighted by Crippen LogP contribution is -2.38. The summed E-state index contributed by atoms with van der Waals surface area (Å²) in [5.74, 6) is 1.42. The van der Waals surface area contributed by atoms with Crippen molar-refractivity contribution >= 4 is 41.5 Å². The predicted octanol–water partition coefficient (Wildman–Crippen LogP) is 3.85. The lowest BCUT2D eigenvalue weighted by atomic mass is 10.1. The molecule has 26 heavy (non-hydrogen) atoms. The molecule has 0 aromatic heterocycles. The first kappa shape index (κ1) is 22.5. The highest BCUT2D eigenvalue weighted by Gasteiger charge is 2.06. The third-order valence-electron chi connectivity index (χ3n) is 3.61. The zero-order valence-electron chi connectivity index (χ0n) is 15.0. The lowest BCUT2D eigenvalue weighted by Gasteiger charge is -2.15. The SMILES string of the molecule is CN=C(NCCOC)NCc1ccccc1COc1ccccc1Cl.I. The lowest BCUT2D eigenvalue weighted by molar-refractivity contribution is 0.203. The Morgan fingerprint density at radius 1 is 1.04 bits per heavy atom. The Bertz CT molecular complexity index is 698. The molecule has 2 rings (SSSR count). The van der Waals surface area contributed by atoms with Crippen molar-refractivity contribution in [2.75, 3.05) is 27.3 Å². The number of aliphatic imine (C=N–C) groups is 1. The van der Waals surface area contributed by atoms with Gasteiger partial charge < -0.3 is 20.1 Å². The Kier molecular flexibility index (Phi) is 11.1. The van der Waals surface area contributed by atoms with Gasteiger partial charge in [0.05, 0.1) is 11.6 Å². The molecule has 0 saturated carbocycles. The molecule has 0 saturated heterocycles. The maximum atomic E-state index is 6.14. The highest BCUT2D eigenvalue weighted by atomic mass is 127. The second-order valence-corrected chi connectivity index (χ2v) is 5.74. The van der Waals surface area contributed by atoms with Crippen LogP contribution in [0.5, 0.6) is 5.75 Å². The molecule has 0 aliphatic carbocycles. The first-order chi connectivity index (χ1) is 12.2. The monoisotopic (exact) mass is 489 g/mol. The smallest absolute Gasteiger partial charge is 0.191 e. The highest BCUT2D eigenvalue weighted by molar-refractivity contribution is 14.0. The van der Waals surface area contributed by atoms with Crippen LogP contribution < -0.4 is 15.4 Å². The fraction of sp³-hybridized carbons (Fsp3) is 0.316. The van der Waals surface area contributed by atoms with E-state index in [1.165, 1.54) is 0 Å². The van der Waals surface area contributed by atoms with Gasteiger partial charge in [-0.05, 0) is 23.3 Å². The minimum absolute atomic E-state index is 0. The summed E-state index contributed by atoms with van der Waals surface area (Å²) in [6.07, 6.45) is 0. The largest absolute Gasteiger partial charge is 0.487 e. The molecule has 142 valence electrons. The van der Waals surface area contributed by atoms with Gasteiger partial charge in [-0.1, -0.05) is 48.0 Å². The van der Waals surface area contributed by atoms with Crippen molar-refractivity contribution in [3.8, 4) is 5.75 Å². The first-order valence-corrected chi connectivity index (χ1v) is 8.50. The highest BCUT2D eigenvalue weighted by Crippen LogP contribution is 2.24. The van der Waals surface area contributed by atoms with Crippen LogP contribution in [-0.4, -0.2) is 33.3 Å². The van der Waals surface area contributed by atoms with Crippen molar-refractivity contribution in [3.05, 3.63) is 64.7 Å². The Labute approximate surface area is 177 Å². The molecule has 2 aromatic rings. The summed E-state index contributed by atoms with van der Waals surface area (Å²) in [7, 11) is 3.42. The maximum Gasteiger partial charge on any atom is 0.191 e. The van der Waals surface area contributed by atoms with E-state index in [-0.39, 0.29) is 24.0 Å². The second kappa shape index (κ2) is 12.8. The molecule has 5 nitrogen and oxygen atoms in total. The van der Waals surface area contributed by atoms with Gasteiger partial charge in [-0.3, -0.25) is 4.99 Å². The van der Waals surface area contributed by atoms with E-state index in [9.17, 15) is 0 Å². The van der Waals surface area contributed by atoms with Crippen LogP contribution in [0.25, 0.3) is 0 Å². The molecule has 0 heterocycles. The standard InChI is InChI=1S/C19H24ClN3O2.HI/c1-21-19(22-11-12-24-2)23-13-15-7-3-4-8-16(15)14-25-18-10-6-5-9-17(18)20;/h3-10H,11-14H2,1-2H3,(H2,21,22,23);1H. The van der Waals surface area contributed by atoms with Crippen LogP contribution in [0.1, 0.15) is 11.1 Å². The van der Waals surface area contributed by atoms with Crippen molar-refractivity contribution in [2.45, 2.75) is 13.2 Å². The molecular formula is C19H25ClIN3O2. The number of nitrogens with zero attached hydrogens (tertiary/aromatic N) is 1. The van der Waals surface area contributed by atoms with Gasteiger partial charge in [0.25, 0.3) is 0 Å². The Balaban J connectivity index is 0.00000338. The van der Waals surface area contributed by atoms with Crippen LogP contribution in [0.2, 0.25) is 5.02 Å². The number of nitrogens with one attached hydrogen (secondary N) is 2. The quantitative estimate of drug-likeness (QED) is 0.256. The molecule has 0 atom stereocenters. The third-order valence-corrected chi connectivity index (χ3v) is 3.92. The number of halogens is 2. The molecule has 0 amide bonds. The summed E-state index contributed by atoms with van der Waals surface area (Å²) in [6.45, 7) is 2.43. The molecule has 2 aromatic carbocycles. The van der Waals surface area contributed by atoms with Crippen molar-refractivity contribution in [1.29, 1.82) is 0 Å². The fourth-order valence-corrected chi connectivity index (χ4v) is 2.45. The van der Waals surface area contributed by atoms with E-state index in [1.807, 2.05) is 36.4 Å². The third kappa shape index (κ3) is 7.39. The van der Waals surface area contributed by atoms with E-state index < -0.39 is 0 Å². The summed E-state index contributed by atoms with van der Waals surface area (Å²) in [6, 6.07) is 15.6. The van der Waals surface area contributed by atoms with Crippen LogP contribution >= 0.6 is 35.6 Å². The van der Waals surface area contributed by atoms with Crippen LogP contribution in [0.3, 0.4) is 0 Å². The molecule has 0 fully saturated rings. The minimum atomic E-state index is 0. The Morgan fingerprint density at radius 2 is 1.73 bits per heavy atom. The normalized spacial score (nSPS) is 10.8. The first-order valence-electron chi connectivity index (χ1n) is 8.12. The van der Waals surface area contributed by atoms with E-state index in [4.69, 9.17) is 21.1 Å². The average molecular weight is 490 g/mol. The van der Waals surface area contributed by atoms with E-state index >= 15 is 0 Å². The second-order valence-electron chi connectivity index (χ2n) is 5.33. The zero-order chi connectivity index (χ0) is 17.9. The molecule has 0 unspecified atom stereocenters. The molecule has 0 radical (unpaired) electrons. The van der Waals surface area contributed by atoms with Gasteiger partial charge in [-0.25, -0.2) is 0 Å². The van der Waals surface area contributed by atoms with Gasteiger partial charge in [0.15, 0.2) is 5.96 Å². The summed E-state index contributed by atoms with van der Waals surface area (Å²) < 4.78 is 10.9. The summed E-state index contributed by atoms with van der Waals surface area (Å²) >= 11 is 6.14. The maximum absolute atomic E-state index is 6.14. The van der Waals surface area contributed by atoms with E-state index in [0.717, 1.165) is 17.1 Å². The van der Waals surface area contributed by atoms with Crippen molar-refractivity contribution in [1.82, 2.24) is 10.6 Å². The molecule has 0 spiro atoms. The number of ether oxygens (including phenoxy) is 2. The molecule has 0 bridgehead atoms. The minimum Gasteiger partial charge on any atom is -0.487 e. The van der Waals surface area contributed by atoms with Gasteiger partial charge in [-0.2, -0.15) is 0 Å².